The Morgan fingerprint density at radius 3 is 2.62 bits per heavy atom. The molecular weight excluding hydrogens is 311 g/mol. The number of aromatic nitrogens is 2. The maximum absolute atomic E-state index is 12.9. The lowest BCUT2D eigenvalue weighted by atomic mass is 10.1. The van der Waals surface area contributed by atoms with Crippen molar-refractivity contribution in [3.05, 3.63) is 48.0 Å². The number of hydrogen-bond donors (Lipinski definition) is 1. The van der Waals surface area contributed by atoms with E-state index in [0.29, 0.717) is 31.7 Å². The molecule has 126 valence electrons. The summed E-state index contributed by atoms with van der Waals surface area (Å²) in [7, 11) is 0. The molecule has 2 aromatic heterocycles. The number of piperidine rings is 1. The zero-order valence-corrected chi connectivity index (χ0v) is 13.4. The number of halogens is 1. The molecule has 3 heterocycles. The Hall–Kier alpha value is -2.70. The van der Waals surface area contributed by atoms with E-state index in [1.54, 1.807) is 18.3 Å². The molecule has 3 rings (SSSR count). The van der Waals surface area contributed by atoms with Gasteiger partial charge in [-0.2, -0.15) is 0 Å². The van der Waals surface area contributed by atoms with Gasteiger partial charge in [-0.15, -0.1) is 0 Å². The molecule has 0 bridgehead atoms. The molecule has 24 heavy (non-hydrogen) atoms. The molecule has 1 aliphatic heterocycles. The molecule has 7 heteroatoms. The first kappa shape index (κ1) is 16.2. The van der Waals surface area contributed by atoms with Crippen molar-refractivity contribution in [3.8, 4) is 0 Å². The van der Waals surface area contributed by atoms with Crippen LogP contribution in [0.15, 0.2) is 36.7 Å². The third-order valence-corrected chi connectivity index (χ3v) is 3.89. The third-order valence-electron chi connectivity index (χ3n) is 3.89. The van der Waals surface area contributed by atoms with E-state index < -0.39 is 6.09 Å². The van der Waals surface area contributed by atoms with Crippen LogP contribution in [0.3, 0.4) is 0 Å². The summed E-state index contributed by atoms with van der Waals surface area (Å²) in [6.45, 7) is 3.34. The van der Waals surface area contributed by atoms with Gasteiger partial charge in [-0.25, -0.2) is 19.2 Å². The Kier molecular flexibility index (Phi) is 4.88. The summed E-state index contributed by atoms with van der Waals surface area (Å²) in [5.41, 5.74) is 1.02. The van der Waals surface area contributed by atoms with Crippen molar-refractivity contribution in [3.63, 3.8) is 0 Å². The number of nitrogens with one attached hydrogen (secondary N) is 1. The highest BCUT2D eigenvalue weighted by Gasteiger charge is 2.23. The summed E-state index contributed by atoms with van der Waals surface area (Å²) in [5.74, 6) is 0.861. The first-order valence-electron chi connectivity index (χ1n) is 7.87. The molecule has 1 saturated heterocycles. The average molecular weight is 330 g/mol. The van der Waals surface area contributed by atoms with E-state index in [2.05, 4.69) is 20.2 Å². The van der Waals surface area contributed by atoms with Crippen molar-refractivity contribution in [2.75, 3.05) is 23.3 Å². The summed E-state index contributed by atoms with van der Waals surface area (Å²) in [4.78, 5) is 22.2. The van der Waals surface area contributed by atoms with Gasteiger partial charge in [-0.05, 0) is 30.7 Å². The predicted octanol–water partition coefficient (Wildman–Crippen LogP) is 3.14. The maximum atomic E-state index is 12.9. The molecule has 0 aromatic carbocycles. The second kappa shape index (κ2) is 7.25. The molecular formula is C17H19FN4O2. The average Bonchev–Trinajstić information content (AvgIpc) is 2.58. The van der Waals surface area contributed by atoms with E-state index in [-0.39, 0.29) is 11.9 Å². The standard InChI is InChI=1S/C17H19FN4O2/c1-12-2-4-15(19-10-12)21-17(23)24-14-6-8-22(9-7-14)16-5-3-13(18)11-20-16/h2-5,10-11,14H,6-9H2,1H3,(H,19,21,23). The molecule has 1 fully saturated rings. The van der Waals surface area contributed by atoms with Gasteiger partial charge < -0.3 is 9.64 Å². The number of amides is 1. The number of ether oxygens (including phenoxy) is 1. The molecule has 0 radical (unpaired) electrons. The molecule has 2 aromatic rings. The van der Waals surface area contributed by atoms with Crippen molar-refractivity contribution >= 4 is 17.7 Å². The van der Waals surface area contributed by atoms with Gasteiger partial charge in [-0.1, -0.05) is 6.07 Å². The Labute approximate surface area is 139 Å². The number of rotatable bonds is 3. The predicted molar refractivity (Wildman–Crippen MR) is 88.5 cm³/mol. The normalized spacial score (nSPS) is 15.2. The van der Waals surface area contributed by atoms with E-state index in [9.17, 15) is 9.18 Å². The first-order chi connectivity index (χ1) is 11.6. The molecule has 0 saturated carbocycles. The highest BCUT2D eigenvalue weighted by Crippen LogP contribution is 2.20. The van der Waals surface area contributed by atoms with Crippen LogP contribution < -0.4 is 10.2 Å². The summed E-state index contributed by atoms with van der Waals surface area (Å²) in [6.07, 6.45) is 3.66. The second-order valence-corrected chi connectivity index (χ2v) is 5.77. The van der Waals surface area contributed by atoms with Gasteiger partial charge in [0.15, 0.2) is 0 Å². The van der Waals surface area contributed by atoms with Gasteiger partial charge in [0, 0.05) is 32.1 Å². The van der Waals surface area contributed by atoms with E-state index in [0.717, 1.165) is 11.4 Å². The molecule has 1 N–H and O–H groups in total. The highest BCUT2D eigenvalue weighted by molar-refractivity contribution is 5.83. The summed E-state index contributed by atoms with van der Waals surface area (Å²) in [6, 6.07) is 6.66. The summed E-state index contributed by atoms with van der Waals surface area (Å²) >= 11 is 0. The minimum atomic E-state index is -0.496. The van der Waals surface area contributed by atoms with Crippen LogP contribution in [0.5, 0.6) is 0 Å². The van der Waals surface area contributed by atoms with Crippen molar-refractivity contribution in [2.45, 2.75) is 25.9 Å². The summed E-state index contributed by atoms with van der Waals surface area (Å²) < 4.78 is 18.3. The van der Waals surface area contributed by atoms with Crippen LogP contribution in [0.4, 0.5) is 20.8 Å². The zero-order chi connectivity index (χ0) is 16.9. The summed E-state index contributed by atoms with van der Waals surface area (Å²) in [5, 5.41) is 2.63. The van der Waals surface area contributed by atoms with E-state index in [4.69, 9.17) is 4.74 Å². The maximum Gasteiger partial charge on any atom is 0.413 e. The number of nitrogens with zero attached hydrogens (tertiary/aromatic N) is 3. The Bertz CT molecular complexity index is 683. The topological polar surface area (TPSA) is 67.3 Å². The monoisotopic (exact) mass is 330 g/mol. The van der Waals surface area contributed by atoms with Crippen LogP contribution in [-0.2, 0) is 4.74 Å². The quantitative estimate of drug-likeness (QED) is 0.936. The number of aryl methyl sites for hydroxylation is 1. The highest BCUT2D eigenvalue weighted by atomic mass is 19.1. The Morgan fingerprint density at radius 1 is 1.21 bits per heavy atom. The Balaban J connectivity index is 1.47. The fourth-order valence-corrected chi connectivity index (χ4v) is 2.58. The van der Waals surface area contributed by atoms with Gasteiger partial charge in [0.2, 0.25) is 0 Å². The largest absolute Gasteiger partial charge is 0.446 e. The van der Waals surface area contributed by atoms with Crippen LogP contribution in [0, 0.1) is 12.7 Å². The SMILES string of the molecule is Cc1ccc(NC(=O)OC2CCN(c3ccc(F)cn3)CC2)nc1. The van der Waals surface area contributed by atoms with Crippen molar-refractivity contribution < 1.29 is 13.9 Å². The molecule has 0 unspecified atom stereocenters. The smallest absolute Gasteiger partial charge is 0.413 e. The van der Waals surface area contributed by atoms with Crippen molar-refractivity contribution in [2.24, 2.45) is 0 Å². The van der Waals surface area contributed by atoms with Crippen LogP contribution >= 0.6 is 0 Å². The molecule has 0 spiro atoms. The number of carbonyl (C=O) groups is 1. The van der Waals surface area contributed by atoms with Gasteiger partial charge in [0.1, 0.15) is 23.6 Å². The number of hydrogen-bond acceptors (Lipinski definition) is 5. The minimum Gasteiger partial charge on any atom is -0.446 e. The fraction of sp³-hybridized carbons (Fsp3) is 0.353. The second-order valence-electron chi connectivity index (χ2n) is 5.77. The van der Waals surface area contributed by atoms with Gasteiger partial charge in [-0.3, -0.25) is 5.32 Å². The van der Waals surface area contributed by atoms with Gasteiger partial charge >= 0.3 is 6.09 Å². The van der Waals surface area contributed by atoms with E-state index in [1.165, 1.54) is 12.3 Å². The number of carbonyl (C=O) groups excluding carboxylic acids is 1. The minimum absolute atomic E-state index is 0.146. The number of pyridine rings is 2. The lowest BCUT2D eigenvalue weighted by molar-refractivity contribution is 0.0949. The lowest BCUT2D eigenvalue weighted by Gasteiger charge is -2.32. The molecule has 1 aliphatic rings. The van der Waals surface area contributed by atoms with Crippen LogP contribution in [0.25, 0.3) is 0 Å². The van der Waals surface area contributed by atoms with Crippen molar-refractivity contribution in [1.82, 2.24) is 9.97 Å². The first-order valence-corrected chi connectivity index (χ1v) is 7.87. The molecule has 1 amide bonds. The molecule has 0 aliphatic carbocycles. The van der Waals surface area contributed by atoms with Crippen LogP contribution in [0.2, 0.25) is 0 Å². The number of anilines is 2. The third kappa shape index (κ3) is 4.18. The van der Waals surface area contributed by atoms with Crippen LogP contribution in [-0.4, -0.2) is 35.3 Å². The molecule has 6 nitrogen and oxygen atoms in total. The van der Waals surface area contributed by atoms with Gasteiger partial charge in [0.05, 0.1) is 6.20 Å². The van der Waals surface area contributed by atoms with Gasteiger partial charge in [0.25, 0.3) is 0 Å². The fourth-order valence-electron chi connectivity index (χ4n) is 2.58. The van der Waals surface area contributed by atoms with Crippen LogP contribution in [0.1, 0.15) is 18.4 Å². The van der Waals surface area contributed by atoms with E-state index in [1.807, 2.05) is 13.0 Å². The van der Waals surface area contributed by atoms with E-state index >= 15 is 0 Å². The van der Waals surface area contributed by atoms with Crippen molar-refractivity contribution in [1.29, 1.82) is 0 Å². The molecule has 0 atom stereocenters. The zero-order valence-electron chi connectivity index (χ0n) is 13.4. The lowest BCUT2D eigenvalue weighted by Crippen LogP contribution is -2.38. The Morgan fingerprint density at radius 2 is 2.00 bits per heavy atom.